The molecule has 0 fully saturated rings. The van der Waals surface area contributed by atoms with E-state index in [-0.39, 0.29) is 24.1 Å². The van der Waals surface area contributed by atoms with Crippen LogP contribution in [0, 0.1) is 6.92 Å². The Hall–Kier alpha value is -3.06. The first-order chi connectivity index (χ1) is 14.2. The number of nitrogens with zero attached hydrogens (tertiary/aromatic N) is 3. The standard InChI is InChI=1S/C23H26N4O2S/c1-16-10-12-18(13-11-16)20(21(28)24-23(2,3)4)27(14-17-8-6-5-7-9-17)22(29)19-15-30-26-25-19/h5-13,15,20H,14H2,1-4H3,(H,24,28)/t20-/m0/s1. The molecular formula is C23H26N4O2S. The topological polar surface area (TPSA) is 75.2 Å². The maximum Gasteiger partial charge on any atom is 0.276 e. The summed E-state index contributed by atoms with van der Waals surface area (Å²) in [5.41, 5.74) is 2.54. The zero-order valence-electron chi connectivity index (χ0n) is 17.6. The number of aryl methyl sites for hydroxylation is 1. The number of hydrogen-bond donors (Lipinski definition) is 1. The first-order valence-electron chi connectivity index (χ1n) is 9.75. The molecule has 0 aliphatic heterocycles. The molecule has 0 saturated heterocycles. The largest absolute Gasteiger partial charge is 0.349 e. The second-order valence-electron chi connectivity index (χ2n) is 8.26. The van der Waals surface area contributed by atoms with Crippen molar-refractivity contribution in [3.63, 3.8) is 0 Å². The summed E-state index contributed by atoms with van der Waals surface area (Å²) >= 11 is 1.11. The zero-order chi connectivity index (χ0) is 21.7. The van der Waals surface area contributed by atoms with Gasteiger partial charge < -0.3 is 10.2 Å². The fourth-order valence-corrected chi connectivity index (χ4v) is 3.56. The smallest absolute Gasteiger partial charge is 0.276 e. The number of carbonyl (C=O) groups excluding carboxylic acids is 2. The van der Waals surface area contributed by atoms with Crippen LogP contribution in [-0.4, -0.2) is 31.8 Å². The van der Waals surface area contributed by atoms with Crippen molar-refractivity contribution in [2.75, 3.05) is 0 Å². The number of aromatic nitrogens is 2. The van der Waals surface area contributed by atoms with Crippen molar-refractivity contribution < 1.29 is 9.59 Å². The van der Waals surface area contributed by atoms with Crippen molar-refractivity contribution in [2.45, 2.75) is 45.8 Å². The molecule has 0 bridgehead atoms. The predicted octanol–water partition coefficient (Wildman–Crippen LogP) is 4.14. The summed E-state index contributed by atoms with van der Waals surface area (Å²) in [6.45, 7) is 8.02. The van der Waals surface area contributed by atoms with E-state index in [0.29, 0.717) is 0 Å². The molecule has 0 aliphatic carbocycles. The predicted molar refractivity (Wildman–Crippen MR) is 118 cm³/mol. The van der Waals surface area contributed by atoms with Crippen molar-refractivity contribution in [2.24, 2.45) is 0 Å². The van der Waals surface area contributed by atoms with Crippen LogP contribution in [0.1, 0.15) is 54.0 Å². The Bertz CT molecular complexity index is 980. The summed E-state index contributed by atoms with van der Waals surface area (Å²) in [4.78, 5) is 28.4. The van der Waals surface area contributed by atoms with Crippen LogP contribution in [0.2, 0.25) is 0 Å². The molecule has 1 N–H and O–H groups in total. The van der Waals surface area contributed by atoms with Gasteiger partial charge in [0.15, 0.2) is 5.69 Å². The van der Waals surface area contributed by atoms with Crippen LogP contribution in [0.25, 0.3) is 0 Å². The van der Waals surface area contributed by atoms with Crippen molar-refractivity contribution in [3.05, 3.63) is 82.4 Å². The summed E-state index contributed by atoms with van der Waals surface area (Å²) in [7, 11) is 0. The van der Waals surface area contributed by atoms with E-state index in [9.17, 15) is 9.59 Å². The van der Waals surface area contributed by atoms with Crippen LogP contribution in [0.15, 0.2) is 60.0 Å². The Labute approximate surface area is 181 Å². The third-order valence-corrected chi connectivity index (χ3v) is 4.99. The molecule has 0 spiro atoms. The van der Waals surface area contributed by atoms with Crippen LogP contribution in [0.3, 0.4) is 0 Å². The zero-order valence-corrected chi connectivity index (χ0v) is 18.4. The van der Waals surface area contributed by atoms with Gasteiger partial charge in [-0.25, -0.2) is 0 Å². The Morgan fingerprint density at radius 3 is 2.30 bits per heavy atom. The van der Waals surface area contributed by atoms with Gasteiger partial charge in [-0.3, -0.25) is 9.59 Å². The lowest BCUT2D eigenvalue weighted by atomic mass is 9.99. The Morgan fingerprint density at radius 1 is 1.07 bits per heavy atom. The van der Waals surface area contributed by atoms with Gasteiger partial charge in [-0.1, -0.05) is 64.6 Å². The quantitative estimate of drug-likeness (QED) is 0.648. The third kappa shape index (κ3) is 5.51. The number of carbonyl (C=O) groups is 2. The van der Waals surface area contributed by atoms with E-state index in [4.69, 9.17) is 0 Å². The van der Waals surface area contributed by atoms with Gasteiger partial charge >= 0.3 is 0 Å². The average molecular weight is 423 g/mol. The lowest BCUT2D eigenvalue weighted by molar-refractivity contribution is -0.127. The van der Waals surface area contributed by atoms with Gasteiger partial charge in [0.2, 0.25) is 5.91 Å². The number of rotatable bonds is 6. The highest BCUT2D eigenvalue weighted by atomic mass is 32.1. The Kier molecular flexibility index (Phi) is 6.62. The summed E-state index contributed by atoms with van der Waals surface area (Å²) in [6.07, 6.45) is 0. The monoisotopic (exact) mass is 422 g/mol. The normalized spacial score (nSPS) is 12.3. The molecule has 30 heavy (non-hydrogen) atoms. The van der Waals surface area contributed by atoms with Crippen molar-refractivity contribution in [1.29, 1.82) is 0 Å². The number of benzene rings is 2. The van der Waals surface area contributed by atoms with E-state index in [1.54, 1.807) is 10.3 Å². The molecule has 2 aromatic carbocycles. The molecule has 0 aliphatic rings. The molecule has 3 aromatic rings. The molecule has 6 nitrogen and oxygen atoms in total. The summed E-state index contributed by atoms with van der Waals surface area (Å²) in [6, 6.07) is 16.5. The van der Waals surface area contributed by atoms with Crippen molar-refractivity contribution >= 4 is 23.3 Å². The first kappa shape index (κ1) is 21.6. The van der Waals surface area contributed by atoms with Gasteiger partial charge in [0.1, 0.15) is 6.04 Å². The molecule has 0 unspecified atom stereocenters. The molecule has 0 radical (unpaired) electrons. The number of hydrogen-bond acceptors (Lipinski definition) is 5. The second kappa shape index (κ2) is 9.17. The maximum atomic E-state index is 13.4. The minimum Gasteiger partial charge on any atom is -0.349 e. The molecule has 7 heteroatoms. The first-order valence-corrected chi connectivity index (χ1v) is 10.6. The highest BCUT2D eigenvalue weighted by molar-refractivity contribution is 7.03. The van der Waals surface area contributed by atoms with E-state index >= 15 is 0 Å². The third-order valence-electron chi connectivity index (χ3n) is 4.49. The maximum absolute atomic E-state index is 13.4. The number of amides is 2. The van der Waals surface area contributed by atoms with E-state index in [1.165, 1.54) is 0 Å². The van der Waals surface area contributed by atoms with Gasteiger partial charge in [0.05, 0.1) is 0 Å². The van der Waals surface area contributed by atoms with Crippen molar-refractivity contribution in [1.82, 2.24) is 19.8 Å². The molecule has 2 amide bonds. The summed E-state index contributed by atoms with van der Waals surface area (Å²) < 4.78 is 3.82. The highest BCUT2D eigenvalue weighted by Crippen LogP contribution is 2.27. The molecule has 156 valence electrons. The fraction of sp³-hybridized carbons (Fsp3) is 0.304. The number of nitrogens with one attached hydrogen (secondary N) is 1. The van der Waals surface area contributed by atoms with Crippen LogP contribution < -0.4 is 5.32 Å². The van der Waals surface area contributed by atoms with Gasteiger partial charge in [-0.2, -0.15) is 0 Å². The lowest BCUT2D eigenvalue weighted by Crippen LogP contribution is -2.49. The summed E-state index contributed by atoms with van der Waals surface area (Å²) in [5.74, 6) is -0.568. The Morgan fingerprint density at radius 2 is 1.73 bits per heavy atom. The molecule has 1 atom stereocenters. The minimum atomic E-state index is -0.806. The van der Waals surface area contributed by atoms with Gasteiger partial charge in [-0.15, -0.1) is 5.10 Å². The second-order valence-corrected chi connectivity index (χ2v) is 8.87. The lowest BCUT2D eigenvalue weighted by Gasteiger charge is -2.33. The molecule has 1 aromatic heterocycles. The van der Waals surface area contributed by atoms with E-state index in [2.05, 4.69) is 14.9 Å². The Balaban J connectivity index is 2.07. The molecule has 0 saturated carbocycles. The van der Waals surface area contributed by atoms with Crippen LogP contribution in [-0.2, 0) is 11.3 Å². The van der Waals surface area contributed by atoms with Crippen LogP contribution >= 0.6 is 11.5 Å². The molecule has 3 rings (SSSR count). The van der Waals surface area contributed by atoms with Crippen LogP contribution in [0.5, 0.6) is 0 Å². The molecule has 1 heterocycles. The SMILES string of the molecule is Cc1ccc([C@@H](C(=O)NC(C)(C)C)N(Cc2ccccc2)C(=O)c2csnn2)cc1. The average Bonchev–Trinajstić information content (AvgIpc) is 3.22. The summed E-state index contributed by atoms with van der Waals surface area (Å²) in [5, 5.41) is 8.59. The van der Waals surface area contributed by atoms with Crippen molar-refractivity contribution in [3.8, 4) is 0 Å². The fourth-order valence-electron chi connectivity index (χ4n) is 3.12. The van der Waals surface area contributed by atoms with E-state index in [1.807, 2.05) is 82.3 Å². The van der Waals surface area contributed by atoms with E-state index < -0.39 is 11.6 Å². The van der Waals surface area contributed by atoms with Gasteiger partial charge in [0.25, 0.3) is 5.91 Å². The van der Waals surface area contributed by atoms with E-state index in [0.717, 1.165) is 28.2 Å². The van der Waals surface area contributed by atoms with Crippen LogP contribution in [0.4, 0.5) is 0 Å². The van der Waals surface area contributed by atoms with Gasteiger partial charge in [0, 0.05) is 17.5 Å². The molecular weight excluding hydrogens is 396 g/mol. The minimum absolute atomic E-state index is 0.233. The highest BCUT2D eigenvalue weighted by Gasteiger charge is 2.34. The van der Waals surface area contributed by atoms with Gasteiger partial charge in [-0.05, 0) is 50.4 Å².